The molecule has 1 aromatic rings. The van der Waals surface area contributed by atoms with Crippen LogP contribution in [0.1, 0.15) is 44.6 Å². The summed E-state index contributed by atoms with van der Waals surface area (Å²) < 4.78 is 0. The van der Waals surface area contributed by atoms with Crippen molar-refractivity contribution >= 4 is 17.3 Å². The highest BCUT2D eigenvalue weighted by Crippen LogP contribution is 2.28. The molecule has 0 amide bonds. The van der Waals surface area contributed by atoms with E-state index >= 15 is 0 Å². The van der Waals surface area contributed by atoms with Crippen LogP contribution in [-0.4, -0.2) is 17.6 Å². The fraction of sp³-hybridized carbons (Fsp3) is 0.643. The molecular formula is C14H21ClN2. The third-order valence-corrected chi connectivity index (χ3v) is 3.97. The lowest BCUT2D eigenvalue weighted by molar-refractivity contribution is 0.555. The maximum atomic E-state index is 6.02. The highest BCUT2D eigenvalue weighted by molar-refractivity contribution is 6.17. The van der Waals surface area contributed by atoms with Gasteiger partial charge >= 0.3 is 0 Å². The molecule has 0 bridgehead atoms. The lowest BCUT2D eigenvalue weighted by atomic mass is 10.1. The molecule has 1 atom stereocenters. The van der Waals surface area contributed by atoms with Crippen molar-refractivity contribution in [2.75, 3.05) is 11.4 Å². The molecule has 1 aliphatic heterocycles. The van der Waals surface area contributed by atoms with Gasteiger partial charge in [-0.2, -0.15) is 0 Å². The molecule has 1 aromatic heterocycles. The van der Waals surface area contributed by atoms with Gasteiger partial charge in [-0.3, -0.25) is 4.98 Å². The molecular weight excluding hydrogens is 232 g/mol. The molecule has 0 aromatic carbocycles. The fourth-order valence-electron chi connectivity index (χ4n) is 2.72. The zero-order valence-corrected chi connectivity index (χ0v) is 11.3. The number of pyridine rings is 1. The molecule has 2 nitrogen and oxygen atoms in total. The minimum atomic E-state index is 0.552. The summed E-state index contributed by atoms with van der Waals surface area (Å²) in [5.74, 6) is 0.552. The Morgan fingerprint density at radius 3 is 3.06 bits per heavy atom. The Morgan fingerprint density at radius 2 is 2.29 bits per heavy atom. The van der Waals surface area contributed by atoms with Crippen LogP contribution in [0, 0.1) is 0 Å². The number of nitrogens with zero attached hydrogens (tertiary/aromatic N) is 2. The molecule has 3 heteroatoms. The maximum Gasteiger partial charge on any atom is 0.0509 e. The van der Waals surface area contributed by atoms with E-state index < -0.39 is 0 Å². The number of anilines is 1. The van der Waals surface area contributed by atoms with Gasteiger partial charge in [0.1, 0.15) is 0 Å². The van der Waals surface area contributed by atoms with E-state index in [0.29, 0.717) is 11.9 Å². The predicted molar refractivity (Wildman–Crippen MR) is 73.7 cm³/mol. The average Bonchev–Trinajstić information content (AvgIpc) is 2.63. The van der Waals surface area contributed by atoms with E-state index in [9.17, 15) is 0 Å². The van der Waals surface area contributed by atoms with Gasteiger partial charge in [-0.15, -0.1) is 11.6 Å². The summed E-state index contributed by atoms with van der Waals surface area (Å²) in [7, 11) is 0. The molecule has 0 radical (unpaired) electrons. The quantitative estimate of drug-likeness (QED) is 0.757. The third kappa shape index (κ3) is 2.92. The van der Waals surface area contributed by atoms with E-state index in [-0.39, 0.29) is 0 Å². The van der Waals surface area contributed by atoms with E-state index in [0.717, 1.165) is 12.1 Å². The van der Waals surface area contributed by atoms with Crippen molar-refractivity contribution in [2.24, 2.45) is 0 Å². The normalized spacial score (nSPS) is 21.3. The second-order valence-corrected chi connectivity index (χ2v) is 5.01. The van der Waals surface area contributed by atoms with E-state index in [1.165, 1.54) is 37.8 Å². The summed E-state index contributed by atoms with van der Waals surface area (Å²) in [5, 5.41) is 0. The Bertz CT molecular complexity index is 354. The first-order valence-electron chi connectivity index (χ1n) is 6.62. The summed E-state index contributed by atoms with van der Waals surface area (Å²) in [6.45, 7) is 3.44. The Morgan fingerprint density at radius 1 is 1.41 bits per heavy atom. The number of halogens is 1. The number of rotatable bonds is 3. The molecule has 2 rings (SSSR count). The summed E-state index contributed by atoms with van der Waals surface area (Å²) in [5.41, 5.74) is 2.46. The van der Waals surface area contributed by atoms with E-state index in [1.807, 2.05) is 12.4 Å². The molecule has 1 unspecified atom stereocenters. The minimum Gasteiger partial charge on any atom is -0.368 e. The van der Waals surface area contributed by atoms with Crippen LogP contribution >= 0.6 is 11.6 Å². The Balaban J connectivity index is 2.28. The molecule has 1 saturated heterocycles. The number of aromatic nitrogens is 1. The topological polar surface area (TPSA) is 16.1 Å². The molecule has 94 valence electrons. The van der Waals surface area contributed by atoms with Crippen LogP contribution in [0.15, 0.2) is 18.5 Å². The van der Waals surface area contributed by atoms with Gasteiger partial charge in [0.05, 0.1) is 5.88 Å². The second-order valence-electron chi connectivity index (χ2n) is 4.74. The lowest BCUT2D eigenvalue weighted by Crippen LogP contribution is -2.35. The SMILES string of the molecule is CCC1CCCCCN1c1ccncc1CCl. The van der Waals surface area contributed by atoms with Gasteiger partial charge < -0.3 is 4.90 Å². The Hall–Kier alpha value is -0.760. The summed E-state index contributed by atoms with van der Waals surface area (Å²) in [4.78, 5) is 6.72. The van der Waals surface area contributed by atoms with Crippen molar-refractivity contribution in [1.29, 1.82) is 0 Å². The van der Waals surface area contributed by atoms with Gasteiger partial charge in [0.2, 0.25) is 0 Å². The molecule has 0 N–H and O–H groups in total. The van der Waals surface area contributed by atoms with Crippen molar-refractivity contribution in [1.82, 2.24) is 4.98 Å². The fourth-order valence-corrected chi connectivity index (χ4v) is 2.93. The summed E-state index contributed by atoms with van der Waals surface area (Å²) in [6, 6.07) is 2.79. The molecule has 1 aliphatic rings. The van der Waals surface area contributed by atoms with Crippen molar-refractivity contribution in [3.05, 3.63) is 24.0 Å². The Labute approximate surface area is 109 Å². The highest BCUT2D eigenvalue weighted by atomic mass is 35.5. The zero-order chi connectivity index (χ0) is 12.1. The molecule has 0 spiro atoms. The maximum absolute atomic E-state index is 6.02. The van der Waals surface area contributed by atoms with Gasteiger partial charge in [-0.05, 0) is 25.3 Å². The van der Waals surface area contributed by atoms with Gasteiger partial charge in [0, 0.05) is 36.2 Å². The largest absolute Gasteiger partial charge is 0.368 e. The molecule has 1 fully saturated rings. The van der Waals surface area contributed by atoms with Crippen molar-refractivity contribution in [2.45, 2.75) is 50.9 Å². The lowest BCUT2D eigenvalue weighted by Gasteiger charge is -2.32. The third-order valence-electron chi connectivity index (χ3n) is 3.68. The average molecular weight is 253 g/mol. The van der Waals surface area contributed by atoms with Crippen LogP contribution in [-0.2, 0) is 5.88 Å². The van der Waals surface area contributed by atoms with Crippen molar-refractivity contribution < 1.29 is 0 Å². The van der Waals surface area contributed by atoms with Gasteiger partial charge in [-0.25, -0.2) is 0 Å². The molecule has 0 aliphatic carbocycles. The van der Waals surface area contributed by atoms with Crippen LogP contribution in [0.2, 0.25) is 0 Å². The van der Waals surface area contributed by atoms with Crippen LogP contribution in [0.25, 0.3) is 0 Å². The molecule has 17 heavy (non-hydrogen) atoms. The molecule has 0 saturated carbocycles. The van der Waals surface area contributed by atoms with Crippen LogP contribution in [0.5, 0.6) is 0 Å². The monoisotopic (exact) mass is 252 g/mol. The minimum absolute atomic E-state index is 0.552. The first-order valence-corrected chi connectivity index (χ1v) is 7.15. The molecule has 2 heterocycles. The number of hydrogen-bond acceptors (Lipinski definition) is 2. The van der Waals surface area contributed by atoms with Gasteiger partial charge in [0.25, 0.3) is 0 Å². The summed E-state index contributed by atoms with van der Waals surface area (Å²) >= 11 is 6.02. The number of hydrogen-bond donors (Lipinski definition) is 0. The first kappa shape index (κ1) is 12.7. The van der Waals surface area contributed by atoms with Crippen molar-refractivity contribution in [3.63, 3.8) is 0 Å². The first-order chi connectivity index (χ1) is 8.36. The second kappa shape index (κ2) is 6.25. The van der Waals surface area contributed by atoms with Crippen molar-refractivity contribution in [3.8, 4) is 0 Å². The van der Waals surface area contributed by atoms with Crippen LogP contribution in [0.4, 0.5) is 5.69 Å². The Kier molecular flexibility index (Phi) is 4.66. The van der Waals surface area contributed by atoms with Crippen LogP contribution < -0.4 is 4.90 Å². The van der Waals surface area contributed by atoms with Gasteiger partial charge in [0.15, 0.2) is 0 Å². The highest BCUT2D eigenvalue weighted by Gasteiger charge is 2.21. The predicted octanol–water partition coefficient (Wildman–Crippen LogP) is 3.98. The zero-order valence-electron chi connectivity index (χ0n) is 10.5. The number of alkyl halides is 1. The standard InChI is InChI=1S/C14H21ClN2/c1-2-13-6-4-3-5-9-17(13)14-7-8-16-11-12(14)10-15/h7-8,11,13H,2-6,9-10H2,1H3. The summed E-state index contributed by atoms with van der Waals surface area (Å²) in [6.07, 6.45) is 10.3. The van der Waals surface area contributed by atoms with E-state index in [1.54, 1.807) is 0 Å². The van der Waals surface area contributed by atoms with Gasteiger partial charge in [-0.1, -0.05) is 19.8 Å². The van der Waals surface area contributed by atoms with Crippen LogP contribution in [0.3, 0.4) is 0 Å². The van der Waals surface area contributed by atoms with E-state index in [2.05, 4.69) is 22.9 Å². The smallest absolute Gasteiger partial charge is 0.0509 e. The van der Waals surface area contributed by atoms with E-state index in [4.69, 9.17) is 11.6 Å².